The molecule has 0 amide bonds. The molecule has 102 valence electrons. The molecule has 0 saturated carbocycles. The Kier molecular flexibility index (Phi) is 5.55. The maximum Gasteiger partial charge on any atom is 0.0387 e. The SMILES string of the molecule is CCCNC(Cc1sccc1Br)c1cnccc1C. The van der Waals surface area contributed by atoms with E-state index in [0.29, 0.717) is 6.04 Å². The molecule has 0 bridgehead atoms. The van der Waals surface area contributed by atoms with Gasteiger partial charge >= 0.3 is 0 Å². The molecule has 19 heavy (non-hydrogen) atoms. The van der Waals surface area contributed by atoms with Crippen molar-refractivity contribution in [3.8, 4) is 0 Å². The first-order valence-corrected chi connectivity index (χ1v) is 8.25. The number of pyridine rings is 1. The molecule has 0 saturated heterocycles. The summed E-state index contributed by atoms with van der Waals surface area (Å²) in [5, 5.41) is 5.77. The molecule has 1 unspecified atom stereocenters. The minimum absolute atomic E-state index is 0.337. The maximum absolute atomic E-state index is 4.28. The van der Waals surface area contributed by atoms with Crippen LogP contribution in [0.2, 0.25) is 0 Å². The van der Waals surface area contributed by atoms with Crippen LogP contribution in [-0.4, -0.2) is 11.5 Å². The number of halogens is 1. The third-order valence-corrected chi connectivity index (χ3v) is 5.12. The second-order valence-corrected chi connectivity index (χ2v) is 6.49. The molecule has 4 heteroatoms. The van der Waals surface area contributed by atoms with E-state index in [1.165, 1.54) is 20.5 Å². The van der Waals surface area contributed by atoms with Gasteiger partial charge in [-0.3, -0.25) is 4.98 Å². The molecule has 2 aromatic rings. The van der Waals surface area contributed by atoms with Crippen molar-refractivity contribution in [1.29, 1.82) is 0 Å². The highest BCUT2D eigenvalue weighted by Crippen LogP contribution is 2.29. The zero-order chi connectivity index (χ0) is 13.7. The highest BCUT2D eigenvalue weighted by atomic mass is 79.9. The summed E-state index contributed by atoms with van der Waals surface area (Å²) in [6.07, 6.45) is 5.99. The van der Waals surface area contributed by atoms with E-state index in [4.69, 9.17) is 0 Å². The van der Waals surface area contributed by atoms with Gasteiger partial charge in [-0.2, -0.15) is 0 Å². The highest BCUT2D eigenvalue weighted by Gasteiger charge is 2.16. The van der Waals surface area contributed by atoms with Crippen LogP contribution >= 0.6 is 27.3 Å². The van der Waals surface area contributed by atoms with Crippen molar-refractivity contribution < 1.29 is 0 Å². The normalized spacial score (nSPS) is 12.6. The molecule has 0 aliphatic carbocycles. The van der Waals surface area contributed by atoms with Crippen LogP contribution in [0.15, 0.2) is 34.4 Å². The van der Waals surface area contributed by atoms with Crippen molar-refractivity contribution in [2.24, 2.45) is 0 Å². The van der Waals surface area contributed by atoms with Crippen molar-refractivity contribution in [1.82, 2.24) is 10.3 Å². The first-order valence-electron chi connectivity index (χ1n) is 6.58. The maximum atomic E-state index is 4.28. The van der Waals surface area contributed by atoms with Gasteiger partial charge in [0.2, 0.25) is 0 Å². The smallest absolute Gasteiger partial charge is 0.0387 e. The molecular weight excluding hydrogens is 320 g/mol. The Labute approximate surface area is 127 Å². The van der Waals surface area contributed by atoms with Gasteiger partial charge in [-0.15, -0.1) is 11.3 Å². The Morgan fingerprint density at radius 2 is 2.26 bits per heavy atom. The van der Waals surface area contributed by atoms with Crippen LogP contribution in [0.25, 0.3) is 0 Å². The third-order valence-electron chi connectivity index (χ3n) is 3.18. The molecule has 0 aliphatic rings. The molecule has 0 fully saturated rings. The number of rotatable bonds is 6. The minimum Gasteiger partial charge on any atom is -0.310 e. The minimum atomic E-state index is 0.337. The van der Waals surface area contributed by atoms with E-state index in [9.17, 15) is 0 Å². The van der Waals surface area contributed by atoms with E-state index in [1.807, 2.05) is 12.4 Å². The zero-order valence-corrected chi connectivity index (χ0v) is 13.7. The largest absolute Gasteiger partial charge is 0.310 e. The fourth-order valence-electron chi connectivity index (χ4n) is 2.11. The predicted octanol–water partition coefficient (Wildman–Crippen LogP) is 4.50. The molecule has 2 aromatic heterocycles. The fourth-order valence-corrected chi connectivity index (χ4v) is 3.67. The van der Waals surface area contributed by atoms with Crippen LogP contribution in [0.1, 0.15) is 35.4 Å². The molecule has 2 nitrogen and oxygen atoms in total. The van der Waals surface area contributed by atoms with Crippen molar-refractivity contribution in [2.75, 3.05) is 6.54 Å². The van der Waals surface area contributed by atoms with Crippen LogP contribution in [0.5, 0.6) is 0 Å². The van der Waals surface area contributed by atoms with E-state index < -0.39 is 0 Å². The Morgan fingerprint density at radius 3 is 2.89 bits per heavy atom. The summed E-state index contributed by atoms with van der Waals surface area (Å²) in [6.45, 7) is 5.38. The molecule has 0 radical (unpaired) electrons. The quantitative estimate of drug-likeness (QED) is 0.838. The van der Waals surface area contributed by atoms with E-state index in [0.717, 1.165) is 19.4 Å². The second kappa shape index (κ2) is 7.17. The lowest BCUT2D eigenvalue weighted by Gasteiger charge is -2.20. The standard InChI is InChI=1S/C15H19BrN2S/c1-3-6-18-14(9-15-13(16)5-8-19-15)12-10-17-7-4-11(12)2/h4-5,7-8,10,14,18H,3,6,9H2,1-2H3. The van der Waals surface area contributed by atoms with Crippen LogP contribution in [0, 0.1) is 6.92 Å². The Bertz CT molecular complexity index is 524. The topological polar surface area (TPSA) is 24.9 Å². The van der Waals surface area contributed by atoms with E-state index >= 15 is 0 Å². The molecule has 2 heterocycles. The number of hydrogen-bond acceptors (Lipinski definition) is 3. The molecule has 2 rings (SSSR count). The summed E-state index contributed by atoms with van der Waals surface area (Å²) in [5.41, 5.74) is 2.60. The average Bonchev–Trinajstić information content (AvgIpc) is 2.81. The molecule has 0 spiro atoms. The monoisotopic (exact) mass is 338 g/mol. The molecule has 1 atom stereocenters. The van der Waals surface area contributed by atoms with Gasteiger partial charge in [-0.05, 0) is 64.5 Å². The lowest BCUT2D eigenvalue weighted by molar-refractivity contribution is 0.528. The van der Waals surface area contributed by atoms with Gasteiger partial charge in [0.1, 0.15) is 0 Å². The van der Waals surface area contributed by atoms with Crippen molar-refractivity contribution >= 4 is 27.3 Å². The van der Waals surface area contributed by atoms with Crippen LogP contribution in [0.4, 0.5) is 0 Å². The number of nitrogens with one attached hydrogen (secondary N) is 1. The molecule has 1 N–H and O–H groups in total. The van der Waals surface area contributed by atoms with E-state index in [1.54, 1.807) is 11.3 Å². The van der Waals surface area contributed by atoms with Gasteiger partial charge in [0.15, 0.2) is 0 Å². The molecular formula is C15H19BrN2S. The summed E-state index contributed by atoms with van der Waals surface area (Å²) in [7, 11) is 0. The van der Waals surface area contributed by atoms with Crippen molar-refractivity contribution in [3.05, 3.63) is 50.4 Å². The summed E-state index contributed by atoms with van der Waals surface area (Å²) in [6, 6.07) is 4.54. The molecule has 0 aromatic carbocycles. The van der Waals surface area contributed by atoms with Crippen LogP contribution in [-0.2, 0) is 6.42 Å². The molecule has 0 aliphatic heterocycles. The Morgan fingerprint density at radius 1 is 1.42 bits per heavy atom. The predicted molar refractivity (Wildman–Crippen MR) is 85.7 cm³/mol. The van der Waals surface area contributed by atoms with Crippen LogP contribution in [0.3, 0.4) is 0 Å². The number of aromatic nitrogens is 1. The van der Waals surface area contributed by atoms with Crippen LogP contribution < -0.4 is 5.32 Å². The van der Waals surface area contributed by atoms with Crippen molar-refractivity contribution in [3.63, 3.8) is 0 Å². The average molecular weight is 339 g/mol. The number of nitrogens with zero attached hydrogens (tertiary/aromatic N) is 1. The van der Waals surface area contributed by atoms with E-state index in [-0.39, 0.29) is 0 Å². The Balaban J connectivity index is 2.21. The van der Waals surface area contributed by atoms with Gasteiger partial charge in [0.25, 0.3) is 0 Å². The summed E-state index contributed by atoms with van der Waals surface area (Å²) in [5.74, 6) is 0. The summed E-state index contributed by atoms with van der Waals surface area (Å²) < 4.78 is 1.21. The first-order chi connectivity index (χ1) is 9.22. The van der Waals surface area contributed by atoms with Gasteiger partial charge in [0.05, 0.1) is 0 Å². The number of hydrogen-bond donors (Lipinski definition) is 1. The second-order valence-electron chi connectivity index (χ2n) is 4.63. The number of aryl methyl sites for hydroxylation is 1. The third kappa shape index (κ3) is 3.88. The van der Waals surface area contributed by atoms with Gasteiger partial charge in [-0.25, -0.2) is 0 Å². The lowest BCUT2D eigenvalue weighted by atomic mass is 10.0. The van der Waals surface area contributed by atoms with Crippen molar-refractivity contribution in [2.45, 2.75) is 32.7 Å². The van der Waals surface area contributed by atoms with Gasteiger partial charge < -0.3 is 5.32 Å². The fraction of sp³-hybridized carbons (Fsp3) is 0.400. The zero-order valence-electron chi connectivity index (χ0n) is 11.3. The lowest BCUT2D eigenvalue weighted by Crippen LogP contribution is -2.24. The first kappa shape index (κ1) is 14.7. The van der Waals surface area contributed by atoms with Gasteiger partial charge in [-0.1, -0.05) is 6.92 Å². The summed E-state index contributed by atoms with van der Waals surface area (Å²) in [4.78, 5) is 5.66. The van der Waals surface area contributed by atoms with E-state index in [2.05, 4.69) is 57.6 Å². The number of thiophene rings is 1. The highest BCUT2D eigenvalue weighted by molar-refractivity contribution is 9.10. The van der Waals surface area contributed by atoms with Gasteiger partial charge in [0, 0.05) is 34.2 Å². The Hall–Kier alpha value is -0.710. The summed E-state index contributed by atoms with van der Waals surface area (Å²) >= 11 is 5.43.